The van der Waals surface area contributed by atoms with Gasteiger partial charge in [0, 0.05) is 0 Å². The van der Waals surface area contributed by atoms with E-state index >= 15 is 0 Å². The predicted octanol–water partition coefficient (Wildman–Crippen LogP) is 1.16. The van der Waals surface area contributed by atoms with Gasteiger partial charge in [0.15, 0.2) is 0 Å². The number of ether oxygens (including phenoxy) is 1. The predicted molar refractivity (Wildman–Crippen MR) is 34.3 cm³/mol. The van der Waals surface area contributed by atoms with E-state index in [-0.39, 0.29) is 6.04 Å². The highest BCUT2D eigenvalue weighted by atomic mass is 16.5. The van der Waals surface area contributed by atoms with Crippen molar-refractivity contribution in [2.75, 3.05) is 6.61 Å². The number of rotatable bonds is 2. The molecule has 0 atom stereocenters. The number of hydrogen-bond acceptors (Lipinski definition) is 2. The Morgan fingerprint density at radius 3 is 2.56 bits per heavy atom. The van der Waals surface area contributed by atoms with Crippen LogP contribution in [0.5, 0.6) is 0 Å². The van der Waals surface area contributed by atoms with Crippen LogP contribution in [0.4, 0.5) is 4.79 Å². The van der Waals surface area contributed by atoms with Gasteiger partial charge in [0.1, 0.15) is 0 Å². The second-order valence-electron chi connectivity index (χ2n) is 1.92. The van der Waals surface area contributed by atoms with E-state index in [2.05, 4.69) is 10.1 Å². The molecule has 0 N–H and O–H groups in total. The number of amides is 1. The minimum atomic E-state index is -0.465. The molecule has 1 amide bonds. The van der Waals surface area contributed by atoms with Gasteiger partial charge in [-0.1, -0.05) is 0 Å². The molecule has 0 aliphatic rings. The van der Waals surface area contributed by atoms with E-state index in [9.17, 15) is 4.79 Å². The Morgan fingerprint density at radius 1 is 1.67 bits per heavy atom. The molecule has 1 radical (unpaired) electrons. The summed E-state index contributed by atoms with van der Waals surface area (Å²) in [4.78, 5) is 10.5. The molecule has 3 nitrogen and oxygen atoms in total. The zero-order chi connectivity index (χ0) is 7.28. The first kappa shape index (κ1) is 8.27. The molecule has 0 aliphatic heterocycles. The fraction of sp³-hybridized carbons (Fsp3) is 0.833. The number of carbonyl (C=O) groups excluding carboxylic acids is 1. The molecule has 0 spiro atoms. The summed E-state index contributed by atoms with van der Waals surface area (Å²) in [6.45, 7) is 5.82. The van der Waals surface area contributed by atoms with Gasteiger partial charge in [-0.05, 0) is 20.8 Å². The fourth-order valence-electron chi connectivity index (χ4n) is 0.372. The van der Waals surface area contributed by atoms with Gasteiger partial charge in [0.05, 0.1) is 12.6 Å². The van der Waals surface area contributed by atoms with Crippen molar-refractivity contribution in [3.63, 3.8) is 0 Å². The molecule has 0 heterocycles. The van der Waals surface area contributed by atoms with Crippen molar-refractivity contribution in [2.45, 2.75) is 26.8 Å². The van der Waals surface area contributed by atoms with Gasteiger partial charge in [-0.15, -0.1) is 0 Å². The third-order valence-electron chi connectivity index (χ3n) is 0.631. The van der Waals surface area contributed by atoms with Crippen molar-refractivity contribution in [2.24, 2.45) is 0 Å². The van der Waals surface area contributed by atoms with E-state index in [1.165, 1.54) is 0 Å². The van der Waals surface area contributed by atoms with E-state index in [0.29, 0.717) is 6.61 Å². The van der Waals surface area contributed by atoms with Crippen LogP contribution in [0, 0.1) is 0 Å². The van der Waals surface area contributed by atoms with Crippen LogP contribution in [0.15, 0.2) is 0 Å². The minimum Gasteiger partial charge on any atom is -0.448 e. The van der Waals surface area contributed by atoms with Gasteiger partial charge < -0.3 is 4.74 Å². The van der Waals surface area contributed by atoms with Crippen LogP contribution in [0.1, 0.15) is 20.8 Å². The molecule has 9 heavy (non-hydrogen) atoms. The van der Waals surface area contributed by atoms with Gasteiger partial charge >= 0.3 is 6.09 Å². The quantitative estimate of drug-likeness (QED) is 0.562. The third kappa shape index (κ3) is 5.14. The summed E-state index contributed by atoms with van der Waals surface area (Å²) in [5, 5.41) is 3.61. The summed E-state index contributed by atoms with van der Waals surface area (Å²) in [6, 6.07) is 0.0315. The van der Waals surface area contributed by atoms with Gasteiger partial charge in [-0.3, -0.25) is 0 Å². The Labute approximate surface area is 55.4 Å². The summed E-state index contributed by atoms with van der Waals surface area (Å²) in [5.41, 5.74) is 0. The van der Waals surface area contributed by atoms with Crippen LogP contribution in [0.2, 0.25) is 0 Å². The molecule has 53 valence electrons. The van der Waals surface area contributed by atoms with Gasteiger partial charge in [-0.25, -0.2) is 10.1 Å². The average molecular weight is 130 g/mol. The van der Waals surface area contributed by atoms with Crippen molar-refractivity contribution in [3.05, 3.63) is 0 Å². The zero-order valence-corrected chi connectivity index (χ0v) is 6.05. The second kappa shape index (κ2) is 4.18. The average Bonchev–Trinajstić information content (AvgIpc) is 1.63. The van der Waals surface area contributed by atoms with E-state index in [1.54, 1.807) is 6.92 Å². The highest BCUT2D eigenvalue weighted by Crippen LogP contribution is 1.83. The molecular formula is C6H12NO2. The largest absolute Gasteiger partial charge is 0.448 e. The maximum Gasteiger partial charge on any atom is 0.429 e. The maximum absolute atomic E-state index is 10.5. The van der Waals surface area contributed by atoms with Crippen LogP contribution in [0.25, 0.3) is 0 Å². The molecule has 3 heteroatoms. The molecule has 0 rings (SSSR count). The zero-order valence-electron chi connectivity index (χ0n) is 6.05. The molecule has 0 aromatic carbocycles. The molecule has 0 saturated carbocycles. The van der Waals surface area contributed by atoms with Crippen LogP contribution in [-0.2, 0) is 4.74 Å². The first-order chi connectivity index (χ1) is 4.16. The van der Waals surface area contributed by atoms with E-state index in [1.807, 2.05) is 13.8 Å². The van der Waals surface area contributed by atoms with Crippen molar-refractivity contribution in [1.29, 1.82) is 0 Å². The summed E-state index contributed by atoms with van der Waals surface area (Å²) in [5.74, 6) is 0. The molecule has 0 fully saturated rings. The van der Waals surface area contributed by atoms with Crippen LogP contribution in [0.3, 0.4) is 0 Å². The van der Waals surface area contributed by atoms with E-state index < -0.39 is 6.09 Å². The molecule has 0 bridgehead atoms. The summed E-state index contributed by atoms with van der Waals surface area (Å²) < 4.78 is 4.55. The molecule has 0 saturated heterocycles. The lowest BCUT2D eigenvalue weighted by molar-refractivity contribution is 0.148. The molecule has 0 aromatic rings. The summed E-state index contributed by atoms with van der Waals surface area (Å²) in [6.07, 6.45) is -0.465. The highest BCUT2D eigenvalue weighted by Gasteiger charge is 2.03. The Kier molecular flexibility index (Phi) is 3.84. The lowest BCUT2D eigenvalue weighted by Crippen LogP contribution is -2.23. The van der Waals surface area contributed by atoms with Crippen LogP contribution < -0.4 is 5.32 Å². The Morgan fingerprint density at radius 2 is 2.22 bits per heavy atom. The smallest absolute Gasteiger partial charge is 0.429 e. The highest BCUT2D eigenvalue weighted by molar-refractivity contribution is 5.66. The number of nitrogens with zero attached hydrogens (tertiary/aromatic N) is 1. The third-order valence-corrected chi connectivity index (χ3v) is 0.631. The first-order valence-electron chi connectivity index (χ1n) is 3.04. The van der Waals surface area contributed by atoms with Crippen molar-refractivity contribution in [3.8, 4) is 0 Å². The maximum atomic E-state index is 10.5. The molecule has 0 aromatic heterocycles. The summed E-state index contributed by atoms with van der Waals surface area (Å²) >= 11 is 0. The monoisotopic (exact) mass is 130 g/mol. The molecule has 0 unspecified atom stereocenters. The normalized spacial score (nSPS) is 9.33. The topological polar surface area (TPSA) is 40.4 Å². The van der Waals surface area contributed by atoms with Crippen LogP contribution >= 0.6 is 0 Å². The second-order valence-corrected chi connectivity index (χ2v) is 1.92. The number of carbonyl (C=O) groups is 1. The lowest BCUT2D eigenvalue weighted by Gasteiger charge is -2.03. The lowest BCUT2D eigenvalue weighted by atomic mass is 10.4. The number of hydrogen-bond donors (Lipinski definition) is 0. The summed E-state index contributed by atoms with van der Waals surface area (Å²) in [7, 11) is 0. The first-order valence-corrected chi connectivity index (χ1v) is 3.04. The van der Waals surface area contributed by atoms with Crippen molar-refractivity contribution in [1.82, 2.24) is 5.32 Å². The molecular weight excluding hydrogens is 118 g/mol. The van der Waals surface area contributed by atoms with Crippen molar-refractivity contribution >= 4 is 6.09 Å². The van der Waals surface area contributed by atoms with E-state index in [4.69, 9.17) is 0 Å². The van der Waals surface area contributed by atoms with Gasteiger partial charge in [0.25, 0.3) is 0 Å². The Hall–Kier alpha value is -0.730. The fourth-order valence-corrected chi connectivity index (χ4v) is 0.372. The standard InChI is InChI=1S/C6H12NO2/c1-4-9-6(8)7-5(2)3/h5H,4H2,1-3H3. The van der Waals surface area contributed by atoms with Crippen molar-refractivity contribution < 1.29 is 9.53 Å². The Bertz CT molecular complexity index is 91.1. The minimum absolute atomic E-state index is 0.0315. The van der Waals surface area contributed by atoms with Gasteiger partial charge in [-0.2, -0.15) is 0 Å². The van der Waals surface area contributed by atoms with Crippen LogP contribution in [-0.4, -0.2) is 18.7 Å². The molecule has 0 aliphatic carbocycles. The van der Waals surface area contributed by atoms with Gasteiger partial charge in [0.2, 0.25) is 0 Å². The van der Waals surface area contributed by atoms with E-state index in [0.717, 1.165) is 0 Å². The Balaban J connectivity index is 3.27. The SMILES string of the molecule is CCOC(=O)[N]C(C)C.